The van der Waals surface area contributed by atoms with Gasteiger partial charge in [-0.15, -0.1) is 0 Å². The van der Waals surface area contributed by atoms with Gasteiger partial charge in [0.15, 0.2) is 0 Å². The number of furan rings is 1. The van der Waals surface area contributed by atoms with Crippen molar-refractivity contribution < 1.29 is 28.7 Å². The van der Waals surface area contributed by atoms with Gasteiger partial charge < -0.3 is 23.7 Å². The Morgan fingerprint density at radius 1 is 0.946 bits per heavy atom. The minimum Gasteiger partial charge on any atom is -0.502 e. The number of hydrogen-bond acceptors (Lipinski definition) is 9. The molecule has 0 aliphatic rings. The van der Waals surface area contributed by atoms with E-state index in [-0.39, 0.29) is 22.8 Å². The van der Waals surface area contributed by atoms with Crippen LogP contribution in [0.2, 0.25) is 0 Å². The van der Waals surface area contributed by atoms with E-state index in [1.165, 1.54) is 19.4 Å². The molecule has 0 fully saturated rings. The Kier molecular flexibility index (Phi) is 7.06. The molecule has 0 aliphatic carbocycles. The zero-order valence-corrected chi connectivity index (χ0v) is 20.1. The van der Waals surface area contributed by atoms with Gasteiger partial charge in [-0.05, 0) is 48.0 Å². The smallest absolute Gasteiger partial charge is 0.315 e. The molecule has 10 heteroatoms. The van der Waals surface area contributed by atoms with E-state index in [4.69, 9.17) is 18.6 Å². The lowest BCUT2D eigenvalue weighted by Gasteiger charge is -2.06. The molecule has 1 heterocycles. The number of methoxy groups -OCH3 is 3. The number of nitro groups is 1. The summed E-state index contributed by atoms with van der Waals surface area (Å²) in [6, 6.07) is 18.8. The molecule has 0 saturated heterocycles. The van der Waals surface area contributed by atoms with Gasteiger partial charge in [-0.1, -0.05) is 12.1 Å². The van der Waals surface area contributed by atoms with Crippen LogP contribution in [0.3, 0.4) is 0 Å². The van der Waals surface area contributed by atoms with E-state index >= 15 is 0 Å². The maximum atomic E-state index is 11.3. The van der Waals surface area contributed by atoms with Crippen LogP contribution in [0.15, 0.2) is 70.1 Å². The van der Waals surface area contributed by atoms with E-state index < -0.39 is 16.4 Å². The molecule has 0 amide bonds. The minimum absolute atomic E-state index is 0.0170. The molecule has 0 unspecified atom stereocenters. The Hall–Kier alpha value is -5.30. The maximum Gasteiger partial charge on any atom is 0.315 e. The molecule has 3 aromatic carbocycles. The van der Waals surface area contributed by atoms with E-state index in [1.54, 1.807) is 62.8 Å². The highest BCUT2D eigenvalue weighted by Crippen LogP contribution is 2.43. The third-order valence-corrected chi connectivity index (χ3v) is 5.58. The Bertz CT molecular complexity index is 1520. The van der Waals surface area contributed by atoms with Gasteiger partial charge >= 0.3 is 5.69 Å². The molecule has 4 rings (SSSR count). The van der Waals surface area contributed by atoms with Crippen molar-refractivity contribution in [3.8, 4) is 51.5 Å². The van der Waals surface area contributed by atoms with Gasteiger partial charge in [-0.25, -0.2) is 4.99 Å². The first-order valence-corrected chi connectivity index (χ1v) is 10.8. The van der Waals surface area contributed by atoms with Crippen molar-refractivity contribution in [2.45, 2.75) is 0 Å². The molecule has 0 bridgehead atoms. The summed E-state index contributed by atoms with van der Waals surface area (Å²) >= 11 is 0. The largest absolute Gasteiger partial charge is 0.502 e. The number of nitriles is 1. The van der Waals surface area contributed by atoms with Crippen molar-refractivity contribution in [2.24, 2.45) is 4.99 Å². The fraction of sp³-hybridized carbons (Fsp3) is 0.111. The van der Waals surface area contributed by atoms with E-state index in [1.807, 2.05) is 0 Å². The molecule has 0 saturated carbocycles. The van der Waals surface area contributed by atoms with Crippen molar-refractivity contribution >= 4 is 17.8 Å². The average molecular weight is 499 g/mol. The second-order valence-corrected chi connectivity index (χ2v) is 7.65. The van der Waals surface area contributed by atoms with Gasteiger partial charge in [0.1, 0.15) is 34.6 Å². The Morgan fingerprint density at radius 2 is 1.51 bits per heavy atom. The van der Waals surface area contributed by atoms with Crippen LogP contribution in [-0.4, -0.2) is 37.6 Å². The van der Waals surface area contributed by atoms with Crippen molar-refractivity contribution in [3.05, 3.63) is 81.9 Å². The summed E-state index contributed by atoms with van der Waals surface area (Å²) in [7, 11) is 4.46. The van der Waals surface area contributed by atoms with Crippen LogP contribution in [0.1, 0.15) is 11.1 Å². The third kappa shape index (κ3) is 4.92. The number of ether oxygens (including phenoxy) is 3. The molecule has 0 aliphatic heterocycles. The van der Waals surface area contributed by atoms with E-state index in [9.17, 15) is 20.5 Å². The molecule has 4 aromatic rings. The topological polar surface area (TPSA) is 140 Å². The predicted octanol–water partition coefficient (Wildman–Crippen LogP) is 5.88. The van der Waals surface area contributed by atoms with Crippen LogP contribution in [0.25, 0.3) is 22.5 Å². The monoisotopic (exact) mass is 499 g/mol. The summed E-state index contributed by atoms with van der Waals surface area (Å²) in [5.41, 5.74) is 1.48. The molecule has 1 N–H and O–H groups in total. The van der Waals surface area contributed by atoms with Gasteiger partial charge in [-0.2, -0.15) is 5.26 Å². The molecule has 10 nitrogen and oxygen atoms in total. The van der Waals surface area contributed by atoms with Crippen LogP contribution in [0.5, 0.6) is 23.0 Å². The number of benzene rings is 3. The van der Waals surface area contributed by atoms with E-state index in [2.05, 4.69) is 11.1 Å². The number of hydrogen-bond donors (Lipinski definition) is 1. The van der Waals surface area contributed by atoms with Crippen molar-refractivity contribution in [3.63, 3.8) is 0 Å². The van der Waals surface area contributed by atoms with E-state index in [0.717, 1.165) is 6.07 Å². The number of rotatable bonds is 8. The summed E-state index contributed by atoms with van der Waals surface area (Å²) in [5.74, 6) is 1.20. The summed E-state index contributed by atoms with van der Waals surface area (Å²) in [6.07, 6.45) is 1.18. The summed E-state index contributed by atoms with van der Waals surface area (Å²) in [5, 5.41) is 31.8. The highest BCUT2D eigenvalue weighted by molar-refractivity contribution is 5.92. The molecular weight excluding hydrogens is 478 g/mol. The van der Waals surface area contributed by atoms with Crippen LogP contribution in [-0.2, 0) is 0 Å². The number of aromatic hydroxyl groups is 1. The Morgan fingerprint density at radius 3 is 2.03 bits per heavy atom. The van der Waals surface area contributed by atoms with Crippen LogP contribution in [0, 0.1) is 21.4 Å². The summed E-state index contributed by atoms with van der Waals surface area (Å²) in [4.78, 5) is 14.9. The first-order valence-electron chi connectivity index (χ1n) is 10.8. The Balaban J connectivity index is 1.89. The number of phenols is 1. The number of aliphatic imine (C=N–C) groups is 1. The van der Waals surface area contributed by atoms with Crippen LogP contribution in [0.4, 0.5) is 11.6 Å². The normalized spacial score (nSPS) is 10.8. The van der Waals surface area contributed by atoms with Crippen LogP contribution < -0.4 is 14.2 Å². The lowest BCUT2D eigenvalue weighted by molar-refractivity contribution is -0.385. The quantitative estimate of drug-likeness (QED) is 0.180. The van der Waals surface area contributed by atoms with Gasteiger partial charge in [0.25, 0.3) is 0 Å². The summed E-state index contributed by atoms with van der Waals surface area (Å²) < 4.78 is 21.6. The standard InChI is InChI=1S/C27H21N3O7/c1-34-19-8-4-16(5-9-19)24-22(14-28)27(37-26(24)17-6-10-20(35-2)11-7-17)29-15-18-12-21(36-3)13-23(25(18)31)30(32)33/h4-13,15,31H,1-3H3. The fourth-order valence-electron chi connectivity index (χ4n) is 3.69. The molecule has 186 valence electrons. The zero-order valence-electron chi connectivity index (χ0n) is 20.1. The molecule has 37 heavy (non-hydrogen) atoms. The van der Waals surface area contributed by atoms with Crippen molar-refractivity contribution in [1.82, 2.24) is 0 Å². The fourth-order valence-corrected chi connectivity index (χ4v) is 3.69. The first kappa shape index (κ1) is 24.8. The van der Waals surface area contributed by atoms with Gasteiger partial charge in [0, 0.05) is 22.9 Å². The predicted molar refractivity (Wildman–Crippen MR) is 136 cm³/mol. The molecule has 0 atom stereocenters. The first-order chi connectivity index (χ1) is 17.9. The van der Waals surface area contributed by atoms with Crippen molar-refractivity contribution in [2.75, 3.05) is 21.3 Å². The molecule has 1 aromatic heterocycles. The number of phenolic OH excluding ortho intramolecular Hbond substituents is 1. The average Bonchev–Trinajstić information content (AvgIpc) is 3.30. The second kappa shape index (κ2) is 10.5. The van der Waals surface area contributed by atoms with E-state index in [0.29, 0.717) is 33.9 Å². The molecular formula is C27H21N3O7. The highest BCUT2D eigenvalue weighted by atomic mass is 16.6. The van der Waals surface area contributed by atoms with Gasteiger partial charge in [0.05, 0.1) is 32.3 Å². The lowest BCUT2D eigenvalue weighted by Crippen LogP contribution is -1.94. The Labute approximate surface area is 211 Å². The van der Waals surface area contributed by atoms with Crippen LogP contribution >= 0.6 is 0 Å². The minimum atomic E-state index is -0.730. The van der Waals surface area contributed by atoms with Crippen molar-refractivity contribution in [1.29, 1.82) is 5.26 Å². The second-order valence-electron chi connectivity index (χ2n) is 7.65. The molecule has 0 spiro atoms. The number of nitrogens with zero attached hydrogens (tertiary/aromatic N) is 3. The summed E-state index contributed by atoms with van der Waals surface area (Å²) in [6.45, 7) is 0. The third-order valence-electron chi connectivity index (χ3n) is 5.58. The maximum absolute atomic E-state index is 11.3. The zero-order chi connectivity index (χ0) is 26.5. The van der Waals surface area contributed by atoms with Gasteiger partial charge in [0.2, 0.25) is 11.6 Å². The lowest BCUT2D eigenvalue weighted by atomic mass is 9.98. The molecule has 0 radical (unpaired) electrons. The number of nitro benzene ring substituents is 1. The highest BCUT2D eigenvalue weighted by Gasteiger charge is 2.24. The van der Waals surface area contributed by atoms with Gasteiger partial charge in [-0.3, -0.25) is 10.1 Å². The SMILES string of the molecule is COc1ccc(-c2oc(N=Cc3cc(OC)cc([N+](=O)[O-])c3O)c(C#N)c2-c2ccc(OC)cc2)cc1.